The molecule has 0 fully saturated rings. The van der Waals surface area contributed by atoms with Crippen LogP contribution in [0.4, 0.5) is 5.13 Å². The van der Waals surface area contributed by atoms with Gasteiger partial charge in [-0.2, -0.15) is 0 Å². The van der Waals surface area contributed by atoms with Crippen molar-refractivity contribution in [1.82, 2.24) is 4.98 Å². The average molecular weight is 485 g/mol. The molecule has 4 rings (SSSR count). The number of carbonyl (C=O) groups excluding carboxylic acids is 2. The number of aromatic nitrogens is 1. The van der Waals surface area contributed by atoms with Gasteiger partial charge in [-0.3, -0.25) is 4.79 Å². The molecule has 2 aliphatic rings. The monoisotopic (exact) mass is 484 g/mol. The molecule has 1 N–H and O–H groups in total. The van der Waals surface area contributed by atoms with E-state index in [1.807, 2.05) is 13.8 Å². The zero-order valence-corrected chi connectivity index (χ0v) is 21.2. The Hall–Kier alpha value is -2.87. The summed E-state index contributed by atoms with van der Waals surface area (Å²) in [5, 5.41) is 3.69. The van der Waals surface area contributed by atoms with E-state index in [1.54, 1.807) is 25.6 Å². The van der Waals surface area contributed by atoms with Gasteiger partial charge in [0, 0.05) is 22.4 Å². The van der Waals surface area contributed by atoms with Crippen LogP contribution in [0.1, 0.15) is 76.6 Å². The molecule has 0 saturated heterocycles. The van der Waals surface area contributed by atoms with Gasteiger partial charge < -0.3 is 19.5 Å². The van der Waals surface area contributed by atoms with Gasteiger partial charge in [-0.1, -0.05) is 18.1 Å². The maximum absolute atomic E-state index is 12.5. The molecule has 34 heavy (non-hydrogen) atoms. The van der Waals surface area contributed by atoms with E-state index in [4.69, 9.17) is 14.2 Å². The highest BCUT2D eigenvalue weighted by molar-refractivity contribution is 7.15. The van der Waals surface area contributed by atoms with Crippen molar-refractivity contribution in [2.24, 2.45) is 0 Å². The van der Waals surface area contributed by atoms with Crippen molar-refractivity contribution < 1.29 is 23.8 Å². The highest BCUT2D eigenvalue weighted by Crippen LogP contribution is 2.42. The molecule has 8 heteroatoms. The fourth-order valence-corrected chi connectivity index (χ4v) is 5.75. The minimum absolute atomic E-state index is 0.0251. The second-order valence-corrected chi connectivity index (χ2v) is 9.94. The average Bonchev–Trinajstić information content (AvgIpc) is 3.32. The van der Waals surface area contributed by atoms with Gasteiger partial charge in [0.2, 0.25) is 5.91 Å². The number of fused-ring (bicyclic) bond motifs is 2. The lowest BCUT2D eigenvalue weighted by atomic mass is 9.94. The SMILES string of the molecule is COc1c(C)c2c(c(OC)c1C/C=C(\C)CCC(=O)Nc1nc3c(s1)CCCCC3)C(=O)OC2. The smallest absolute Gasteiger partial charge is 0.342 e. The highest BCUT2D eigenvalue weighted by Gasteiger charge is 2.32. The van der Waals surface area contributed by atoms with Crippen LogP contribution in [0.25, 0.3) is 0 Å². The molecule has 2 heterocycles. The number of nitrogens with one attached hydrogen (secondary N) is 1. The molecule has 1 aromatic carbocycles. The first-order valence-corrected chi connectivity index (χ1v) is 12.6. The van der Waals surface area contributed by atoms with Gasteiger partial charge in [0.1, 0.15) is 23.7 Å². The zero-order chi connectivity index (χ0) is 24.2. The first-order chi connectivity index (χ1) is 16.4. The molecule has 1 aliphatic carbocycles. The summed E-state index contributed by atoms with van der Waals surface area (Å²) in [4.78, 5) is 30.8. The molecule has 0 unspecified atom stereocenters. The number of methoxy groups -OCH3 is 2. The van der Waals surface area contributed by atoms with E-state index in [0.29, 0.717) is 41.5 Å². The van der Waals surface area contributed by atoms with Gasteiger partial charge in [0.25, 0.3) is 0 Å². The molecule has 1 amide bonds. The van der Waals surface area contributed by atoms with E-state index < -0.39 is 0 Å². The maximum atomic E-state index is 12.5. The lowest BCUT2D eigenvalue weighted by molar-refractivity contribution is -0.116. The molecule has 1 aliphatic heterocycles. The highest BCUT2D eigenvalue weighted by atomic mass is 32.1. The first kappa shape index (κ1) is 24.3. The number of thiazole rings is 1. The van der Waals surface area contributed by atoms with Gasteiger partial charge in [-0.25, -0.2) is 9.78 Å². The Bertz CT molecular complexity index is 1110. The Balaban J connectivity index is 1.41. The normalized spacial score (nSPS) is 15.3. The third-order valence-corrected chi connectivity index (χ3v) is 7.65. The number of allylic oxidation sites excluding steroid dienone is 2. The van der Waals surface area contributed by atoms with Crippen molar-refractivity contribution in [3.8, 4) is 11.5 Å². The molecular weight excluding hydrogens is 452 g/mol. The predicted molar refractivity (Wildman–Crippen MR) is 132 cm³/mol. The second kappa shape index (κ2) is 10.6. The third kappa shape index (κ3) is 4.97. The van der Waals surface area contributed by atoms with E-state index in [-0.39, 0.29) is 18.5 Å². The van der Waals surface area contributed by atoms with Crippen molar-refractivity contribution in [3.05, 3.63) is 44.5 Å². The topological polar surface area (TPSA) is 86.8 Å². The van der Waals surface area contributed by atoms with Crippen molar-refractivity contribution in [1.29, 1.82) is 0 Å². The molecule has 0 bridgehead atoms. The van der Waals surface area contributed by atoms with E-state index in [2.05, 4.69) is 16.4 Å². The van der Waals surface area contributed by atoms with Crippen molar-refractivity contribution >= 4 is 28.3 Å². The lowest BCUT2D eigenvalue weighted by Gasteiger charge is -2.18. The summed E-state index contributed by atoms with van der Waals surface area (Å²) in [6.45, 7) is 4.17. The van der Waals surface area contributed by atoms with Gasteiger partial charge in [-0.05, 0) is 57.9 Å². The van der Waals surface area contributed by atoms with Crippen LogP contribution in [0.3, 0.4) is 0 Å². The van der Waals surface area contributed by atoms with E-state index in [1.165, 1.54) is 24.1 Å². The molecule has 0 spiro atoms. The number of carbonyl (C=O) groups is 2. The van der Waals surface area contributed by atoms with Crippen LogP contribution in [0.15, 0.2) is 11.6 Å². The molecular formula is C26H32N2O5S. The number of hydrogen-bond acceptors (Lipinski definition) is 7. The summed E-state index contributed by atoms with van der Waals surface area (Å²) in [6, 6.07) is 0. The molecule has 0 radical (unpaired) electrons. The number of rotatable bonds is 8. The van der Waals surface area contributed by atoms with Gasteiger partial charge in [-0.15, -0.1) is 11.3 Å². The van der Waals surface area contributed by atoms with Crippen molar-refractivity contribution in [2.45, 2.75) is 71.8 Å². The van der Waals surface area contributed by atoms with Crippen LogP contribution in [-0.4, -0.2) is 31.1 Å². The fraction of sp³-hybridized carbons (Fsp3) is 0.500. The summed E-state index contributed by atoms with van der Waals surface area (Å²) in [7, 11) is 3.17. The molecule has 1 aromatic heterocycles. The Morgan fingerprint density at radius 1 is 1.15 bits per heavy atom. The fourth-order valence-electron chi connectivity index (χ4n) is 4.69. The number of benzene rings is 1. The van der Waals surface area contributed by atoms with Crippen LogP contribution >= 0.6 is 11.3 Å². The summed E-state index contributed by atoms with van der Waals surface area (Å²) < 4.78 is 16.5. The zero-order valence-electron chi connectivity index (χ0n) is 20.3. The number of ether oxygens (including phenoxy) is 3. The van der Waals surface area contributed by atoms with Crippen LogP contribution < -0.4 is 14.8 Å². The minimum atomic E-state index is -0.365. The van der Waals surface area contributed by atoms with Gasteiger partial charge in [0.15, 0.2) is 5.13 Å². The number of hydrogen-bond donors (Lipinski definition) is 1. The van der Waals surface area contributed by atoms with Crippen LogP contribution in [0, 0.1) is 6.92 Å². The van der Waals surface area contributed by atoms with Crippen LogP contribution in [0.2, 0.25) is 0 Å². The van der Waals surface area contributed by atoms with E-state index in [0.717, 1.165) is 40.8 Å². The van der Waals surface area contributed by atoms with E-state index >= 15 is 0 Å². The van der Waals surface area contributed by atoms with Gasteiger partial charge in [0.05, 0.1) is 19.9 Å². The number of cyclic esters (lactones) is 1. The van der Waals surface area contributed by atoms with Crippen LogP contribution in [-0.2, 0) is 35.4 Å². The Kier molecular flexibility index (Phi) is 7.56. The molecule has 0 atom stereocenters. The van der Waals surface area contributed by atoms with Crippen LogP contribution in [0.5, 0.6) is 11.5 Å². The summed E-state index contributed by atoms with van der Waals surface area (Å²) in [6.07, 6.45) is 9.31. The number of esters is 1. The Labute approximate surface area is 204 Å². The molecule has 182 valence electrons. The number of aryl methyl sites for hydroxylation is 2. The standard InChI is InChI=1S/C26H32N2O5S/c1-15(11-13-21(29)28-26-27-19-8-6-5-7-9-20(19)34-26)10-12-17-23(31-3)16(2)18-14-33-25(30)22(18)24(17)32-4/h10H,5-9,11-14H2,1-4H3,(H,27,28,29)/b15-10+. The van der Waals surface area contributed by atoms with Gasteiger partial charge >= 0.3 is 5.97 Å². The quantitative estimate of drug-likeness (QED) is 0.310. The maximum Gasteiger partial charge on any atom is 0.342 e. The molecule has 0 saturated carbocycles. The largest absolute Gasteiger partial charge is 0.496 e. The lowest BCUT2D eigenvalue weighted by Crippen LogP contribution is -2.11. The molecule has 7 nitrogen and oxygen atoms in total. The second-order valence-electron chi connectivity index (χ2n) is 8.85. The number of anilines is 1. The minimum Gasteiger partial charge on any atom is -0.496 e. The summed E-state index contributed by atoms with van der Waals surface area (Å²) in [5.74, 6) is 0.822. The summed E-state index contributed by atoms with van der Waals surface area (Å²) in [5.41, 5.74) is 5.25. The Morgan fingerprint density at radius 3 is 2.68 bits per heavy atom. The first-order valence-electron chi connectivity index (χ1n) is 11.8. The van der Waals surface area contributed by atoms with Crippen molar-refractivity contribution in [2.75, 3.05) is 19.5 Å². The summed E-state index contributed by atoms with van der Waals surface area (Å²) >= 11 is 1.61. The van der Waals surface area contributed by atoms with E-state index in [9.17, 15) is 9.59 Å². The Morgan fingerprint density at radius 2 is 1.91 bits per heavy atom. The van der Waals surface area contributed by atoms with Crippen molar-refractivity contribution in [3.63, 3.8) is 0 Å². The predicted octanol–water partition coefficient (Wildman–Crippen LogP) is 5.32. The molecule has 2 aromatic rings. The number of nitrogens with zero attached hydrogens (tertiary/aromatic N) is 1. The third-order valence-electron chi connectivity index (χ3n) is 6.57. The number of amides is 1.